The summed E-state index contributed by atoms with van der Waals surface area (Å²) in [7, 11) is 0. The SMILES string of the molecule is CCCCCC(C)C(C)c1cc(O)c2c(c1)OC(C)(C)C1CCC(N)CC21. The first-order valence-electron chi connectivity index (χ1n) is 11.1. The number of aromatic hydroxyl groups is 1. The molecule has 1 fully saturated rings. The summed E-state index contributed by atoms with van der Waals surface area (Å²) in [6.07, 6.45) is 8.14. The van der Waals surface area contributed by atoms with Gasteiger partial charge in [-0.2, -0.15) is 0 Å². The highest BCUT2D eigenvalue weighted by atomic mass is 16.5. The maximum atomic E-state index is 11.0. The molecule has 1 aromatic carbocycles. The zero-order chi connectivity index (χ0) is 19.8. The predicted molar refractivity (Wildman–Crippen MR) is 113 cm³/mol. The Kier molecular flexibility index (Phi) is 6.10. The second kappa shape index (κ2) is 8.03. The molecule has 3 heteroatoms. The van der Waals surface area contributed by atoms with Crippen LogP contribution in [-0.2, 0) is 0 Å². The molecule has 1 aliphatic heterocycles. The monoisotopic (exact) mass is 373 g/mol. The van der Waals surface area contributed by atoms with Gasteiger partial charge in [0.1, 0.15) is 17.1 Å². The average Bonchev–Trinajstić information content (AvgIpc) is 2.59. The van der Waals surface area contributed by atoms with Crippen molar-refractivity contribution in [3.05, 3.63) is 23.3 Å². The third-order valence-electron chi connectivity index (χ3n) is 7.31. The molecule has 1 saturated carbocycles. The highest BCUT2D eigenvalue weighted by Crippen LogP contribution is 2.54. The summed E-state index contributed by atoms with van der Waals surface area (Å²) in [5, 5.41) is 11.0. The van der Waals surface area contributed by atoms with Gasteiger partial charge in [0.25, 0.3) is 0 Å². The molecule has 0 radical (unpaired) electrons. The fraction of sp³-hybridized carbons (Fsp3) is 0.750. The first-order valence-corrected chi connectivity index (χ1v) is 11.1. The van der Waals surface area contributed by atoms with E-state index < -0.39 is 0 Å². The lowest BCUT2D eigenvalue weighted by Gasteiger charge is -2.48. The number of benzene rings is 1. The van der Waals surface area contributed by atoms with Crippen molar-refractivity contribution in [2.45, 2.75) is 103 Å². The Balaban J connectivity index is 1.89. The van der Waals surface area contributed by atoms with Gasteiger partial charge in [-0.25, -0.2) is 0 Å². The molecule has 0 spiro atoms. The Labute approximate surface area is 165 Å². The minimum atomic E-state index is -0.209. The Morgan fingerprint density at radius 1 is 1.22 bits per heavy atom. The molecular weight excluding hydrogens is 334 g/mol. The molecule has 152 valence electrons. The first kappa shape index (κ1) is 20.5. The van der Waals surface area contributed by atoms with Gasteiger partial charge in [-0.15, -0.1) is 0 Å². The number of nitrogens with two attached hydrogens (primary N) is 1. The van der Waals surface area contributed by atoms with Crippen molar-refractivity contribution in [1.82, 2.24) is 0 Å². The van der Waals surface area contributed by atoms with Crippen LogP contribution in [0, 0.1) is 11.8 Å². The number of fused-ring (bicyclic) bond motifs is 3. The minimum absolute atomic E-state index is 0.209. The van der Waals surface area contributed by atoms with Gasteiger partial charge in [0.15, 0.2) is 0 Å². The fourth-order valence-corrected chi connectivity index (χ4v) is 5.36. The van der Waals surface area contributed by atoms with Gasteiger partial charge in [-0.05, 0) is 68.6 Å². The van der Waals surface area contributed by atoms with Crippen LogP contribution in [0.4, 0.5) is 0 Å². The average molecular weight is 374 g/mol. The van der Waals surface area contributed by atoms with Gasteiger partial charge in [0, 0.05) is 17.5 Å². The highest BCUT2D eigenvalue weighted by molar-refractivity contribution is 5.52. The van der Waals surface area contributed by atoms with Gasteiger partial charge >= 0.3 is 0 Å². The van der Waals surface area contributed by atoms with Crippen molar-refractivity contribution in [3.8, 4) is 11.5 Å². The van der Waals surface area contributed by atoms with E-state index >= 15 is 0 Å². The van der Waals surface area contributed by atoms with Crippen molar-refractivity contribution in [3.63, 3.8) is 0 Å². The molecule has 2 aliphatic rings. The molecule has 3 nitrogen and oxygen atoms in total. The molecule has 3 rings (SSSR count). The van der Waals surface area contributed by atoms with E-state index in [4.69, 9.17) is 10.5 Å². The first-order chi connectivity index (χ1) is 12.7. The van der Waals surface area contributed by atoms with E-state index in [9.17, 15) is 5.11 Å². The summed E-state index contributed by atoms with van der Waals surface area (Å²) >= 11 is 0. The minimum Gasteiger partial charge on any atom is -0.508 e. The second-order valence-electron chi connectivity index (χ2n) is 9.71. The number of hydrogen-bond donors (Lipinski definition) is 2. The maximum absolute atomic E-state index is 11.0. The fourth-order valence-electron chi connectivity index (χ4n) is 5.36. The highest BCUT2D eigenvalue weighted by Gasteiger charge is 2.47. The van der Waals surface area contributed by atoms with Crippen LogP contribution in [0.5, 0.6) is 11.5 Å². The van der Waals surface area contributed by atoms with E-state index in [0.717, 1.165) is 30.6 Å². The van der Waals surface area contributed by atoms with Crippen molar-refractivity contribution >= 4 is 0 Å². The van der Waals surface area contributed by atoms with E-state index in [2.05, 4.69) is 40.7 Å². The lowest BCUT2D eigenvalue weighted by molar-refractivity contribution is -0.00992. The molecule has 0 bridgehead atoms. The number of unbranched alkanes of at least 4 members (excludes halogenated alkanes) is 2. The van der Waals surface area contributed by atoms with E-state index in [-0.39, 0.29) is 11.6 Å². The number of phenolic OH excluding ortho intramolecular Hbond substituents is 1. The lowest BCUT2D eigenvalue weighted by atomic mass is 9.65. The molecule has 27 heavy (non-hydrogen) atoms. The van der Waals surface area contributed by atoms with Crippen molar-refractivity contribution in [1.29, 1.82) is 0 Å². The molecule has 0 aromatic heterocycles. The third-order valence-corrected chi connectivity index (χ3v) is 7.31. The molecule has 3 N–H and O–H groups in total. The third kappa shape index (κ3) is 4.13. The second-order valence-corrected chi connectivity index (χ2v) is 9.71. The number of hydrogen-bond acceptors (Lipinski definition) is 3. The zero-order valence-electron chi connectivity index (χ0n) is 17.9. The quantitative estimate of drug-likeness (QED) is 0.593. The van der Waals surface area contributed by atoms with Crippen LogP contribution >= 0.6 is 0 Å². The van der Waals surface area contributed by atoms with Gasteiger partial charge in [-0.1, -0.05) is 46.5 Å². The van der Waals surface area contributed by atoms with E-state index in [1.807, 2.05) is 6.07 Å². The molecular formula is C24H39NO2. The normalized spacial score (nSPS) is 28.6. The smallest absolute Gasteiger partial charge is 0.127 e. The molecule has 0 saturated heterocycles. The van der Waals surface area contributed by atoms with Gasteiger partial charge in [0.2, 0.25) is 0 Å². The van der Waals surface area contributed by atoms with Crippen molar-refractivity contribution in [2.75, 3.05) is 0 Å². The summed E-state index contributed by atoms with van der Waals surface area (Å²) in [4.78, 5) is 0. The summed E-state index contributed by atoms with van der Waals surface area (Å²) in [6, 6.07) is 4.43. The van der Waals surface area contributed by atoms with Crippen molar-refractivity contribution < 1.29 is 9.84 Å². The van der Waals surface area contributed by atoms with Crippen LogP contribution in [0.2, 0.25) is 0 Å². The Morgan fingerprint density at radius 3 is 2.67 bits per heavy atom. The largest absolute Gasteiger partial charge is 0.508 e. The molecule has 5 unspecified atom stereocenters. The summed E-state index contributed by atoms with van der Waals surface area (Å²) in [6.45, 7) is 11.3. The maximum Gasteiger partial charge on any atom is 0.127 e. The van der Waals surface area contributed by atoms with Gasteiger partial charge < -0.3 is 15.6 Å². The van der Waals surface area contributed by atoms with Crippen LogP contribution in [0.1, 0.15) is 103 Å². The van der Waals surface area contributed by atoms with E-state index in [1.165, 1.54) is 31.2 Å². The van der Waals surface area contributed by atoms with Crippen LogP contribution < -0.4 is 10.5 Å². The molecule has 5 atom stereocenters. The van der Waals surface area contributed by atoms with Crippen molar-refractivity contribution in [2.24, 2.45) is 17.6 Å². The Bertz CT molecular complexity index is 654. The van der Waals surface area contributed by atoms with Crippen LogP contribution in [0.3, 0.4) is 0 Å². The summed E-state index contributed by atoms with van der Waals surface area (Å²) < 4.78 is 6.47. The standard InChI is InChI=1S/C24H39NO2/c1-6-7-8-9-15(2)16(3)17-12-21(26)23-19-14-18(25)10-11-20(19)24(4,5)27-22(23)13-17/h12-13,15-16,18-20,26H,6-11,14,25H2,1-5H3. The lowest BCUT2D eigenvalue weighted by Crippen LogP contribution is -2.48. The van der Waals surface area contributed by atoms with Crippen LogP contribution in [0.15, 0.2) is 12.1 Å². The Hall–Kier alpha value is -1.22. The Morgan fingerprint density at radius 2 is 1.96 bits per heavy atom. The summed E-state index contributed by atoms with van der Waals surface area (Å²) in [5.74, 6) is 3.04. The number of ether oxygens (including phenoxy) is 1. The van der Waals surface area contributed by atoms with E-state index in [1.54, 1.807) is 0 Å². The zero-order valence-corrected chi connectivity index (χ0v) is 17.9. The predicted octanol–water partition coefficient (Wildman–Crippen LogP) is 6.09. The van der Waals surface area contributed by atoms with Crippen LogP contribution in [0.25, 0.3) is 0 Å². The van der Waals surface area contributed by atoms with Gasteiger partial charge in [0.05, 0.1) is 0 Å². The molecule has 0 amide bonds. The van der Waals surface area contributed by atoms with Crippen LogP contribution in [-0.4, -0.2) is 16.7 Å². The number of rotatable bonds is 6. The molecule has 1 aromatic rings. The molecule has 1 heterocycles. The number of phenols is 1. The van der Waals surface area contributed by atoms with E-state index in [0.29, 0.717) is 29.4 Å². The summed E-state index contributed by atoms with van der Waals surface area (Å²) in [5.41, 5.74) is 8.28. The topological polar surface area (TPSA) is 55.5 Å². The molecule has 1 aliphatic carbocycles. The van der Waals surface area contributed by atoms with Gasteiger partial charge in [-0.3, -0.25) is 0 Å².